The number of carbonyl (C=O) groups is 1. The topological polar surface area (TPSA) is 121 Å². The molecule has 4 rings (SSSR count). The van der Waals surface area contributed by atoms with Gasteiger partial charge in [-0.1, -0.05) is 54.6 Å². The van der Waals surface area contributed by atoms with Crippen LogP contribution in [0, 0.1) is 0 Å². The van der Waals surface area contributed by atoms with E-state index in [-0.39, 0.29) is 24.6 Å². The highest BCUT2D eigenvalue weighted by atomic mass is 32.2. The second-order valence-electron chi connectivity index (χ2n) is 8.54. The summed E-state index contributed by atoms with van der Waals surface area (Å²) < 4.78 is 54.3. The fraction of sp³-hybridized carbons (Fsp3) is 0.320. The first-order chi connectivity index (χ1) is 16.7. The lowest BCUT2D eigenvalue weighted by atomic mass is 10.1. The fourth-order valence-corrected chi connectivity index (χ4v) is 7.40. The zero-order chi connectivity index (χ0) is 25.1. The molecule has 0 saturated carbocycles. The largest absolute Gasteiger partial charge is 0.395 e. The van der Waals surface area contributed by atoms with Crippen LogP contribution < -0.4 is 5.32 Å². The van der Waals surface area contributed by atoms with Crippen molar-refractivity contribution in [2.24, 2.45) is 0 Å². The minimum atomic E-state index is -4.05. The molecule has 0 radical (unpaired) electrons. The van der Waals surface area contributed by atoms with Crippen molar-refractivity contribution in [3.63, 3.8) is 0 Å². The summed E-state index contributed by atoms with van der Waals surface area (Å²) in [6.07, 6.45) is 1.24. The first kappa shape index (κ1) is 25.3. The minimum absolute atomic E-state index is 0.0460. The van der Waals surface area contributed by atoms with Crippen LogP contribution in [-0.4, -0.2) is 63.4 Å². The summed E-state index contributed by atoms with van der Waals surface area (Å²) >= 11 is 0. The minimum Gasteiger partial charge on any atom is -0.395 e. The van der Waals surface area contributed by atoms with Gasteiger partial charge in [0.25, 0.3) is 0 Å². The van der Waals surface area contributed by atoms with Crippen molar-refractivity contribution >= 4 is 36.5 Å². The molecule has 35 heavy (non-hydrogen) atoms. The molecule has 0 aliphatic heterocycles. The van der Waals surface area contributed by atoms with Crippen LogP contribution in [0.4, 0.5) is 0 Å². The highest BCUT2D eigenvalue weighted by molar-refractivity contribution is 7.92. The number of sulfone groups is 1. The molecule has 8 nitrogen and oxygen atoms in total. The van der Waals surface area contributed by atoms with Gasteiger partial charge in [-0.05, 0) is 46.9 Å². The van der Waals surface area contributed by atoms with Gasteiger partial charge in [0.1, 0.15) is 5.75 Å². The van der Waals surface area contributed by atoms with Gasteiger partial charge < -0.3 is 10.4 Å². The lowest BCUT2D eigenvalue weighted by molar-refractivity contribution is -0.118. The van der Waals surface area contributed by atoms with Gasteiger partial charge in [-0.15, -0.1) is 0 Å². The Morgan fingerprint density at radius 2 is 1.69 bits per heavy atom. The van der Waals surface area contributed by atoms with Crippen LogP contribution in [0.3, 0.4) is 0 Å². The lowest BCUT2D eigenvalue weighted by Gasteiger charge is -2.29. The molecule has 0 heterocycles. The third-order valence-electron chi connectivity index (χ3n) is 6.18. The van der Waals surface area contributed by atoms with Crippen molar-refractivity contribution in [1.82, 2.24) is 9.62 Å². The molecule has 3 aromatic carbocycles. The fourth-order valence-electron chi connectivity index (χ4n) is 4.49. The maximum absolute atomic E-state index is 13.9. The summed E-state index contributed by atoms with van der Waals surface area (Å²) in [5, 5.41) is 12.8. The van der Waals surface area contributed by atoms with Gasteiger partial charge in [-0.3, -0.25) is 4.79 Å². The Hall–Kier alpha value is -2.79. The quantitative estimate of drug-likeness (QED) is 0.426. The van der Waals surface area contributed by atoms with Crippen molar-refractivity contribution in [3.05, 3.63) is 77.9 Å². The van der Waals surface area contributed by atoms with Crippen molar-refractivity contribution < 1.29 is 26.7 Å². The number of aliphatic hydroxyl groups excluding tert-OH is 1. The van der Waals surface area contributed by atoms with E-state index in [0.29, 0.717) is 12.8 Å². The van der Waals surface area contributed by atoms with Gasteiger partial charge in [-0.25, -0.2) is 16.8 Å². The third kappa shape index (κ3) is 5.72. The number of fused-ring (bicyclic) bond motifs is 2. The van der Waals surface area contributed by atoms with E-state index >= 15 is 0 Å². The molecule has 1 aliphatic carbocycles. The maximum Gasteiger partial charge on any atom is 0.243 e. The van der Waals surface area contributed by atoms with E-state index in [1.165, 1.54) is 4.31 Å². The molecule has 0 bridgehead atoms. The van der Waals surface area contributed by atoms with Crippen LogP contribution in [-0.2, 0) is 31.1 Å². The summed E-state index contributed by atoms with van der Waals surface area (Å²) in [4.78, 5) is 12.0. The Kier molecular flexibility index (Phi) is 7.56. The van der Waals surface area contributed by atoms with Crippen molar-refractivity contribution in [3.8, 4) is 0 Å². The summed E-state index contributed by atoms with van der Waals surface area (Å²) in [7, 11) is -7.94. The molecule has 186 valence electrons. The maximum atomic E-state index is 13.9. The number of aliphatic hydroxyl groups is 1. The van der Waals surface area contributed by atoms with E-state index < -0.39 is 43.3 Å². The number of hydrogen-bond acceptors (Lipinski definition) is 6. The van der Waals surface area contributed by atoms with E-state index in [9.17, 15) is 21.6 Å². The average molecular weight is 517 g/mol. The molecule has 1 atom stereocenters. The van der Waals surface area contributed by atoms with Crippen LogP contribution in [0.2, 0.25) is 0 Å². The smallest absolute Gasteiger partial charge is 0.243 e. The normalized spacial score (nSPS) is 15.9. The molecule has 0 spiro atoms. The molecule has 1 unspecified atom stereocenters. The van der Waals surface area contributed by atoms with Gasteiger partial charge in [0.15, 0.2) is 9.84 Å². The SMILES string of the molecule is O=C(CS(=O)(=O)CCN(C1CCc2ccccc21)S(=O)(=O)c1ccc2ccccc2c1)NCCO. The van der Waals surface area contributed by atoms with E-state index in [4.69, 9.17) is 5.11 Å². The number of hydrogen-bond donors (Lipinski definition) is 2. The molecule has 0 fully saturated rings. The highest BCUT2D eigenvalue weighted by Crippen LogP contribution is 2.38. The van der Waals surface area contributed by atoms with E-state index in [1.54, 1.807) is 18.2 Å². The Bertz CT molecular complexity index is 1440. The predicted octanol–water partition coefficient (Wildman–Crippen LogP) is 2.04. The number of amides is 1. The predicted molar refractivity (Wildman–Crippen MR) is 134 cm³/mol. The van der Waals surface area contributed by atoms with Gasteiger partial charge in [0.05, 0.1) is 23.3 Å². The second kappa shape index (κ2) is 10.4. The number of sulfonamides is 1. The third-order valence-corrected chi connectivity index (χ3v) is 9.59. The Morgan fingerprint density at radius 1 is 0.971 bits per heavy atom. The summed E-state index contributed by atoms with van der Waals surface area (Å²) in [6, 6.07) is 19.4. The van der Waals surface area contributed by atoms with Gasteiger partial charge in [0, 0.05) is 13.1 Å². The van der Waals surface area contributed by atoms with Crippen LogP contribution in [0.5, 0.6) is 0 Å². The summed E-state index contributed by atoms with van der Waals surface area (Å²) in [6.45, 7) is -0.621. The lowest BCUT2D eigenvalue weighted by Crippen LogP contribution is -2.39. The van der Waals surface area contributed by atoms with Gasteiger partial charge in [-0.2, -0.15) is 4.31 Å². The van der Waals surface area contributed by atoms with Crippen LogP contribution >= 0.6 is 0 Å². The zero-order valence-corrected chi connectivity index (χ0v) is 20.8. The van der Waals surface area contributed by atoms with E-state index in [1.807, 2.05) is 48.5 Å². The highest BCUT2D eigenvalue weighted by Gasteiger charge is 2.37. The zero-order valence-electron chi connectivity index (χ0n) is 19.1. The van der Waals surface area contributed by atoms with Crippen molar-refractivity contribution in [2.45, 2.75) is 23.8 Å². The number of aryl methyl sites for hydroxylation is 1. The number of rotatable bonds is 10. The number of nitrogens with zero attached hydrogens (tertiary/aromatic N) is 1. The molecule has 3 aromatic rings. The number of carbonyl (C=O) groups excluding carboxylic acids is 1. The standard InChI is InChI=1S/C25H28N2O6S2/c28-15-13-26-25(29)18-34(30,31)16-14-27(24-12-10-20-6-3-4-8-23(20)24)35(32,33)22-11-9-19-5-1-2-7-21(19)17-22/h1-9,11,17,24,28H,10,12-16,18H2,(H,26,29). The monoisotopic (exact) mass is 516 g/mol. The first-order valence-electron chi connectivity index (χ1n) is 11.4. The van der Waals surface area contributed by atoms with Crippen molar-refractivity contribution in [2.75, 3.05) is 31.2 Å². The Morgan fingerprint density at radius 3 is 2.46 bits per heavy atom. The molecule has 0 aromatic heterocycles. The number of benzene rings is 3. The van der Waals surface area contributed by atoms with Crippen LogP contribution in [0.1, 0.15) is 23.6 Å². The molecule has 10 heteroatoms. The Balaban J connectivity index is 1.66. The summed E-state index contributed by atoms with van der Waals surface area (Å²) in [5.74, 6) is -1.99. The molecular formula is C25H28N2O6S2. The van der Waals surface area contributed by atoms with Gasteiger partial charge >= 0.3 is 0 Å². The summed E-state index contributed by atoms with van der Waals surface area (Å²) in [5.41, 5.74) is 1.91. The molecule has 1 aliphatic rings. The van der Waals surface area contributed by atoms with Gasteiger partial charge in [0.2, 0.25) is 15.9 Å². The molecule has 0 saturated heterocycles. The van der Waals surface area contributed by atoms with Crippen LogP contribution in [0.15, 0.2) is 71.6 Å². The second-order valence-corrected chi connectivity index (χ2v) is 12.6. The Labute approximate surface area is 205 Å². The molecular weight excluding hydrogens is 488 g/mol. The van der Waals surface area contributed by atoms with Crippen molar-refractivity contribution in [1.29, 1.82) is 0 Å². The average Bonchev–Trinajstić information content (AvgIpc) is 3.26. The molecule has 2 N–H and O–H groups in total. The molecule has 1 amide bonds. The van der Waals surface area contributed by atoms with E-state index in [0.717, 1.165) is 21.9 Å². The van der Waals surface area contributed by atoms with E-state index in [2.05, 4.69) is 5.32 Å². The number of nitrogens with one attached hydrogen (secondary N) is 1. The van der Waals surface area contributed by atoms with Crippen LogP contribution in [0.25, 0.3) is 10.8 Å². The first-order valence-corrected chi connectivity index (χ1v) is 14.6.